The van der Waals surface area contributed by atoms with Crippen LogP contribution in [0.15, 0.2) is 12.1 Å². The number of benzene rings is 1. The Hall–Kier alpha value is -1.91. The summed E-state index contributed by atoms with van der Waals surface area (Å²) >= 11 is 0. The quantitative estimate of drug-likeness (QED) is 0.473. The van der Waals surface area contributed by atoms with Crippen molar-refractivity contribution in [3.8, 4) is 17.2 Å². The standard InChI is InChI=1S/C21H35NO4/c1-5-6-7-8-9-10-11-12-13-14-22-21(23)17-15-18(24-2)20(26-4)19(16-17)25-3/h15-16H,5-14H2,1-4H3,(H,22,23). The molecule has 0 heterocycles. The zero-order valence-corrected chi connectivity index (χ0v) is 16.9. The molecule has 0 bridgehead atoms. The minimum absolute atomic E-state index is 0.121. The van der Waals surface area contributed by atoms with Crippen LogP contribution in [0, 0.1) is 0 Å². The molecule has 1 aromatic carbocycles. The van der Waals surface area contributed by atoms with Crippen LogP contribution >= 0.6 is 0 Å². The molecular formula is C21H35NO4. The predicted molar refractivity (Wildman–Crippen MR) is 106 cm³/mol. The first-order chi connectivity index (χ1) is 12.7. The van der Waals surface area contributed by atoms with Crippen molar-refractivity contribution in [2.24, 2.45) is 0 Å². The smallest absolute Gasteiger partial charge is 0.251 e. The number of carbonyl (C=O) groups excluding carboxylic acids is 1. The van der Waals surface area contributed by atoms with Gasteiger partial charge in [-0.2, -0.15) is 0 Å². The van der Waals surface area contributed by atoms with E-state index in [1.807, 2.05) is 0 Å². The Morgan fingerprint density at radius 3 is 1.77 bits per heavy atom. The van der Waals surface area contributed by atoms with Gasteiger partial charge in [0.25, 0.3) is 5.91 Å². The second kappa shape index (κ2) is 13.3. The van der Waals surface area contributed by atoms with Crippen molar-refractivity contribution in [1.82, 2.24) is 5.32 Å². The van der Waals surface area contributed by atoms with E-state index in [0.717, 1.165) is 12.8 Å². The van der Waals surface area contributed by atoms with Gasteiger partial charge in [0.2, 0.25) is 5.75 Å². The molecule has 0 fully saturated rings. The molecule has 0 unspecified atom stereocenters. The van der Waals surface area contributed by atoms with Gasteiger partial charge in [0.1, 0.15) is 0 Å². The van der Waals surface area contributed by atoms with Crippen molar-refractivity contribution >= 4 is 5.91 Å². The monoisotopic (exact) mass is 365 g/mol. The normalized spacial score (nSPS) is 10.5. The maximum Gasteiger partial charge on any atom is 0.251 e. The largest absolute Gasteiger partial charge is 0.493 e. The maximum absolute atomic E-state index is 12.4. The summed E-state index contributed by atoms with van der Waals surface area (Å²) in [5.74, 6) is 1.34. The van der Waals surface area contributed by atoms with Gasteiger partial charge in [0.05, 0.1) is 21.3 Å². The topological polar surface area (TPSA) is 56.8 Å². The highest BCUT2D eigenvalue weighted by molar-refractivity contribution is 5.95. The summed E-state index contributed by atoms with van der Waals surface area (Å²) < 4.78 is 15.9. The van der Waals surface area contributed by atoms with E-state index in [-0.39, 0.29) is 5.91 Å². The maximum atomic E-state index is 12.4. The Labute approximate surface area is 158 Å². The van der Waals surface area contributed by atoms with Crippen LogP contribution in [0.25, 0.3) is 0 Å². The zero-order chi connectivity index (χ0) is 19.2. The first kappa shape index (κ1) is 22.1. The lowest BCUT2D eigenvalue weighted by Gasteiger charge is -2.14. The molecule has 1 rings (SSSR count). The van der Waals surface area contributed by atoms with E-state index in [0.29, 0.717) is 29.4 Å². The van der Waals surface area contributed by atoms with Crippen molar-refractivity contribution in [2.75, 3.05) is 27.9 Å². The summed E-state index contributed by atoms with van der Waals surface area (Å²) in [7, 11) is 4.63. The van der Waals surface area contributed by atoms with Crippen LogP contribution in [0.4, 0.5) is 0 Å². The SMILES string of the molecule is CCCCCCCCCCCNC(=O)c1cc(OC)c(OC)c(OC)c1. The summed E-state index contributed by atoms with van der Waals surface area (Å²) in [6.45, 7) is 2.93. The molecule has 1 N–H and O–H groups in total. The fourth-order valence-electron chi connectivity index (χ4n) is 2.95. The molecule has 26 heavy (non-hydrogen) atoms. The number of methoxy groups -OCH3 is 3. The molecule has 0 atom stereocenters. The predicted octanol–water partition coefficient (Wildman–Crippen LogP) is 4.97. The zero-order valence-electron chi connectivity index (χ0n) is 16.9. The molecule has 1 aromatic rings. The Balaban J connectivity index is 2.33. The van der Waals surface area contributed by atoms with Gasteiger partial charge in [-0.05, 0) is 18.6 Å². The molecule has 0 aliphatic rings. The molecule has 5 nitrogen and oxygen atoms in total. The van der Waals surface area contributed by atoms with Gasteiger partial charge in [0, 0.05) is 12.1 Å². The number of ether oxygens (including phenoxy) is 3. The third-order valence-corrected chi connectivity index (χ3v) is 4.49. The molecule has 0 saturated heterocycles. The van der Waals surface area contributed by atoms with E-state index in [1.165, 1.54) is 44.9 Å². The van der Waals surface area contributed by atoms with E-state index in [9.17, 15) is 4.79 Å². The number of nitrogens with one attached hydrogen (secondary N) is 1. The summed E-state index contributed by atoms with van der Waals surface area (Å²) in [6, 6.07) is 3.35. The van der Waals surface area contributed by atoms with E-state index in [4.69, 9.17) is 14.2 Å². The lowest BCUT2D eigenvalue weighted by Crippen LogP contribution is -2.24. The van der Waals surface area contributed by atoms with Crippen LogP contribution in [0.3, 0.4) is 0 Å². The van der Waals surface area contributed by atoms with E-state index >= 15 is 0 Å². The Kier molecular flexibility index (Phi) is 11.3. The molecule has 0 aliphatic carbocycles. The second-order valence-electron chi connectivity index (χ2n) is 6.50. The van der Waals surface area contributed by atoms with Gasteiger partial charge in [0.15, 0.2) is 11.5 Å². The lowest BCUT2D eigenvalue weighted by molar-refractivity contribution is 0.0952. The second-order valence-corrected chi connectivity index (χ2v) is 6.50. The van der Waals surface area contributed by atoms with Gasteiger partial charge >= 0.3 is 0 Å². The first-order valence-electron chi connectivity index (χ1n) is 9.76. The molecule has 0 saturated carbocycles. The van der Waals surface area contributed by atoms with Gasteiger partial charge in [-0.15, -0.1) is 0 Å². The fraction of sp³-hybridized carbons (Fsp3) is 0.667. The van der Waals surface area contributed by atoms with Gasteiger partial charge < -0.3 is 19.5 Å². The summed E-state index contributed by atoms with van der Waals surface area (Å²) in [5, 5.41) is 2.97. The minimum Gasteiger partial charge on any atom is -0.493 e. The molecule has 0 radical (unpaired) electrons. The third-order valence-electron chi connectivity index (χ3n) is 4.49. The van der Waals surface area contributed by atoms with Crippen LogP contribution in [-0.4, -0.2) is 33.8 Å². The molecule has 5 heteroatoms. The van der Waals surface area contributed by atoms with Crippen molar-refractivity contribution in [3.05, 3.63) is 17.7 Å². The van der Waals surface area contributed by atoms with E-state index < -0.39 is 0 Å². The minimum atomic E-state index is -0.121. The number of carbonyl (C=O) groups is 1. The molecule has 0 spiro atoms. The summed E-state index contributed by atoms with van der Waals surface area (Å²) in [6.07, 6.45) is 11.4. The van der Waals surface area contributed by atoms with Gasteiger partial charge in [-0.25, -0.2) is 0 Å². The van der Waals surface area contributed by atoms with Crippen LogP contribution in [0.2, 0.25) is 0 Å². The van der Waals surface area contributed by atoms with Crippen LogP contribution in [-0.2, 0) is 0 Å². The summed E-state index contributed by atoms with van der Waals surface area (Å²) in [4.78, 5) is 12.4. The number of hydrogen-bond donors (Lipinski definition) is 1. The lowest BCUT2D eigenvalue weighted by atomic mass is 10.1. The highest BCUT2D eigenvalue weighted by atomic mass is 16.5. The fourth-order valence-corrected chi connectivity index (χ4v) is 2.95. The third kappa shape index (κ3) is 7.54. The van der Waals surface area contributed by atoms with Crippen molar-refractivity contribution in [1.29, 1.82) is 0 Å². The first-order valence-corrected chi connectivity index (χ1v) is 9.76. The molecule has 0 aliphatic heterocycles. The Bertz CT molecular complexity index is 506. The van der Waals surface area contributed by atoms with Crippen LogP contribution < -0.4 is 19.5 Å². The highest BCUT2D eigenvalue weighted by Gasteiger charge is 2.16. The van der Waals surface area contributed by atoms with Crippen LogP contribution in [0.1, 0.15) is 75.1 Å². The van der Waals surface area contributed by atoms with Crippen molar-refractivity contribution < 1.29 is 19.0 Å². The van der Waals surface area contributed by atoms with Crippen molar-refractivity contribution in [3.63, 3.8) is 0 Å². The highest BCUT2D eigenvalue weighted by Crippen LogP contribution is 2.38. The van der Waals surface area contributed by atoms with Gasteiger partial charge in [-0.1, -0.05) is 58.3 Å². The Morgan fingerprint density at radius 1 is 0.808 bits per heavy atom. The molecule has 0 aromatic heterocycles. The van der Waals surface area contributed by atoms with Crippen molar-refractivity contribution in [2.45, 2.75) is 64.7 Å². The molecule has 1 amide bonds. The number of rotatable bonds is 14. The molecular weight excluding hydrogens is 330 g/mol. The van der Waals surface area contributed by atoms with Crippen LogP contribution in [0.5, 0.6) is 17.2 Å². The Morgan fingerprint density at radius 2 is 1.31 bits per heavy atom. The number of amides is 1. The average Bonchev–Trinajstić information content (AvgIpc) is 2.67. The van der Waals surface area contributed by atoms with E-state index in [1.54, 1.807) is 33.5 Å². The number of hydrogen-bond acceptors (Lipinski definition) is 4. The van der Waals surface area contributed by atoms with E-state index in [2.05, 4.69) is 12.2 Å². The summed E-state index contributed by atoms with van der Waals surface area (Å²) in [5.41, 5.74) is 0.510. The molecule has 148 valence electrons. The van der Waals surface area contributed by atoms with Gasteiger partial charge in [-0.3, -0.25) is 4.79 Å². The average molecular weight is 366 g/mol. The number of unbranched alkanes of at least 4 members (excludes halogenated alkanes) is 8.